The molecule has 1 atom stereocenters. The Hall–Kier alpha value is -0.430. The van der Waals surface area contributed by atoms with E-state index in [2.05, 4.69) is 42.4 Å². The molecule has 0 bridgehead atoms. The van der Waals surface area contributed by atoms with Crippen LogP contribution < -0.4 is 4.90 Å². The molecule has 5 heteroatoms. The van der Waals surface area contributed by atoms with Gasteiger partial charge < -0.3 is 4.90 Å². The van der Waals surface area contributed by atoms with Gasteiger partial charge in [-0.05, 0) is 48.4 Å². The molecule has 17 heavy (non-hydrogen) atoms. The van der Waals surface area contributed by atoms with Crippen molar-refractivity contribution in [1.82, 2.24) is 14.9 Å². The molecule has 2 aliphatic heterocycles. The lowest BCUT2D eigenvalue weighted by Gasteiger charge is -2.26. The Balaban J connectivity index is 1.81. The topological polar surface area (TPSA) is 32.3 Å². The van der Waals surface area contributed by atoms with Crippen LogP contribution in [0, 0.1) is 3.57 Å². The molecule has 0 N–H and O–H groups in total. The molecule has 2 aliphatic rings. The van der Waals surface area contributed by atoms with Gasteiger partial charge in [-0.1, -0.05) is 0 Å². The molecule has 2 fully saturated rings. The van der Waals surface area contributed by atoms with Gasteiger partial charge in [0.05, 0.1) is 3.57 Å². The van der Waals surface area contributed by atoms with Gasteiger partial charge in [-0.2, -0.15) is 0 Å². The van der Waals surface area contributed by atoms with Gasteiger partial charge in [-0.15, -0.1) is 0 Å². The van der Waals surface area contributed by atoms with Crippen molar-refractivity contribution in [3.05, 3.63) is 16.1 Å². The van der Waals surface area contributed by atoms with E-state index < -0.39 is 0 Å². The Morgan fingerprint density at radius 1 is 1.24 bits per heavy atom. The fourth-order valence-electron chi connectivity index (χ4n) is 2.94. The van der Waals surface area contributed by atoms with Crippen LogP contribution in [0.25, 0.3) is 0 Å². The zero-order valence-corrected chi connectivity index (χ0v) is 12.0. The van der Waals surface area contributed by atoms with Gasteiger partial charge in [-0.3, -0.25) is 4.90 Å². The fourth-order valence-corrected chi connectivity index (χ4v) is 3.58. The van der Waals surface area contributed by atoms with E-state index in [9.17, 15) is 0 Å². The molecule has 4 nitrogen and oxygen atoms in total. The monoisotopic (exact) mass is 344 g/mol. The van der Waals surface area contributed by atoms with Crippen molar-refractivity contribution < 1.29 is 0 Å². The number of anilines is 1. The van der Waals surface area contributed by atoms with E-state index in [0.717, 1.165) is 28.5 Å². The van der Waals surface area contributed by atoms with Crippen molar-refractivity contribution in [2.45, 2.75) is 25.3 Å². The standard InChI is InChI=1S/C12H17IN4/c13-11-7-14-9-15-12(11)17-6-2-5-16-4-1-3-10(16)8-17/h7,9-10H,1-6,8H2. The lowest BCUT2D eigenvalue weighted by Crippen LogP contribution is -2.37. The van der Waals surface area contributed by atoms with Crippen molar-refractivity contribution >= 4 is 28.4 Å². The summed E-state index contributed by atoms with van der Waals surface area (Å²) in [6.45, 7) is 4.80. The highest BCUT2D eigenvalue weighted by atomic mass is 127. The van der Waals surface area contributed by atoms with E-state index in [1.807, 2.05) is 6.20 Å². The van der Waals surface area contributed by atoms with Gasteiger partial charge in [0.15, 0.2) is 0 Å². The third-order valence-electron chi connectivity index (χ3n) is 3.75. The Morgan fingerprint density at radius 2 is 2.12 bits per heavy atom. The molecule has 1 aromatic rings. The van der Waals surface area contributed by atoms with Crippen LogP contribution in [0.3, 0.4) is 0 Å². The van der Waals surface area contributed by atoms with Crippen molar-refractivity contribution in [3.8, 4) is 0 Å². The molecular weight excluding hydrogens is 327 g/mol. The summed E-state index contributed by atoms with van der Waals surface area (Å²) >= 11 is 2.34. The van der Waals surface area contributed by atoms with Gasteiger partial charge in [0, 0.05) is 31.9 Å². The summed E-state index contributed by atoms with van der Waals surface area (Å²) in [5.41, 5.74) is 0. The number of aromatic nitrogens is 2. The average Bonchev–Trinajstić information content (AvgIpc) is 2.68. The summed E-state index contributed by atoms with van der Waals surface area (Å²) in [5, 5.41) is 0. The first-order valence-corrected chi connectivity index (χ1v) is 7.37. The third kappa shape index (κ3) is 2.40. The highest BCUT2D eigenvalue weighted by molar-refractivity contribution is 14.1. The van der Waals surface area contributed by atoms with E-state index in [1.54, 1.807) is 6.33 Å². The Bertz CT molecular complexity index is 398. The van der Waals surface area contributed by atoms with Crippen LogP contribution in [0.1, 0.15) is 19.3 Å². The summed E-state index contributed by atoms with van der Waals surface area (Å²) < 4.78 is 1.16. The first kappa shape index (κ1) is 11.6. The van der Waals surface area contributed by atoms with Crippen LogP contribution in [0.2, 0.25) is 0 Å². The summed E-state index contributed by atoms with van der Waals surface area (Å²) in [6.07, 6.45) is 7.52. The molecule has 2 saturated heterocycles. The molecule has 92 valence electrons. The Morgan fingerprint density at radius 3 is 3.00 bits per heavy atom. The zero-order valence-electron chi connectivity index (χ0n) is 9.85. The van der Waals surface area contributed by atoms with Crippen LogP contribution in [0.15, 0.2) is 12.5 Å². The molecule has 1 unspecified atom stereocenters. The molecule has 0 radical (unpaired) electrons. The second-order valence-electron chi connectivity index (χ2n) is 4.83. The average molecular weight is 344 g/mol. The van der Waals surface area contributed by atoms with Crippen molar-refractivity contribution in [3.63, 3.8) is 0 Å². The number of nitrogens with zero attached hydrogens (tertiary/aromatic N) is 4. The number of rotatable bonds is 1. The minimum atomic E-state index is 0.739. The molecule has 0 aromatic carbocycles. The first-order valence-electron chi connectivity index (χ1n) is 6.29. The maximum atomic E-state index is 4.45. The number of halogens is 1. The normalized spacial score (nSPS) is 25.7. The molecule has 1 aromatic heterocycles. The van der Waals surface area contributed by atoms with Crippen molar-refractivity contribution in [2.24, 2.45) is 0 Å². The van der Waals surface area contributed by atoms with E-state index in [-0.39, 0.29) is 0 Å². The van der Waals surface area contributed by atoms with Crippen LogP contribution in [-0.4, -0.2) is 47.1 Å². The first-order chi connectivity index (χ1) is 8.34. The van der Waals surface area contributed by atoms with Crippen LogP contribution in [0.4, 0.5) is 5.82 Å². The number of hydrogen-bond acceptors (Lipinski definition) is 4. The summed E-state index contributed by atoms with van der Waals surface area (Å²) in [4.78, 5) is 13.6. The van der Waals surface area contributed by atoms with E-state index in [1.165, 1.54) is 32.4 Å². The molecule has 0 aliphatic carbocycles. The lowest BCUT2D eigenvalue weighted by atomic mass is 10.2. The molecule has 3 heterocycles. The van der Waals surface area contributed by atoms with Gasteiger partial charge in [0.1, 0.15) is 12.1 Å². The Kier molecular flexibility index (Phi) is 3.46. The fraction of sp³-hybridized carbons (Fsp3) is 0.667. The molecule has 0 amide bonds. The summed E-state index contributed by atoms with van der Waals surface area (Å²) in [7, 11) is 0. The van der Waals surface area contributed by atoms with Crippen LogP contribution >= 0.6 is 22.6 Å². The largest absolute Gasteiger partial charge is 0.354 e. The second kappa shape index (κ2) is 5.06. The van der Waals surface area contributed by atoms with Gasteiger partial charge >= 0.3 is 0 Å². The quantitative estimate of drug-likeness (QED) is 0.727. The van der Waals surface area contributed by atoms with Gasteiger partial charge in [0.2, 0.25) is 0 Å². The predicted octanol–water partition coefficient (Wildman–Crippen LogP) is 1.76. The molecule has 3 rings (SSSR count). The predicted molar refractivity (Wildman–Crippen MR) is 76.2 cm³/mol. The smallest absolute Gasteiger partial charge is 0.145 e. The van der Waals surface area contributed by atoms with Crippen LogP contribution in [0.5, 0.6) is 0 Å². The number of hydrogen-bond donors (Lipinski definition) is 0. The Labute approximate surface area is 116 Å². The molecule has 0 spiro atoms. The van der Waals surface area contributed by atoms with E-state index in [4.69, 9.17) is 0 Å². The highest BCUT2D eigenvalue weighted by Crippen LogP contribution is 2.25. The van der Waals surface area contributed by atoms with Crippen molar-refractivity contribution in [1.29, 1.82) is 0 Å². The minimum Gasteiger partial charge on any atom is -0.354 e. The zero-order chi connectivity index (χ0) is 11.7. The minimum absolute atomic E-state index is 0.739. The second-order valence-corrected chi connectivity index (χ2v) is 5.99. The maximum Gasteiger partial charge on any atom is 0.145 e. The van der Waals surface area contributed by atoms with Crippen molar-refractivity contribution in [2.75, 3.05) is 31.1 Å². The SMILES string of the molecule is Ic1cncnc1N1CCCN2CCCC2C1. The van der Waals surface area contributed by atoms with Gasteiger partial charge in [0.25, 0.3) is 0 Å². The highest BCUT2D eigenvalue weighted by Gasteiger charge is 2.29. The number of fused-ring (bicyclic) bond motifs is 1. The van der Waals surface area contributed by atoms with E-state index >= 15 is 0 Å². The molecule has 0 saturated carbocycles. The van der Waals surface area contributed by atoms with E-state index in [0.29, 0.717) is 0 Å². The summed E-state index contributed by atoms with van der Waals surface area (Å²) in [5.74, 6) is 1.12. The van der Waals surface area contributed by atoms with Crippen LogP contribution in [-0.2, 0) is 0 Å². The maximum absolute atomic E-state index is 4.45. The molecular formula is C12H17IN4. The lowest BCUT2D eigenvalue weighted by molar-refractivity contribution is 0.273. The van der Waals surface area contributed by atoms with Gasteiger partial charge in [-0.25, -0.2) is 9.97 Å². The third-order valence-corrected chi connectivity index (χ3v) is 4.51. The summed E-state index contributed by atoms with van der Waals surface area (Å²) in [6, 6.07) is 0.739.